The topological polar surface area (TPSA) is 55.4 Å². The number of rotatable bonds is 4. The van der Waals surface area contributed by atoms with Crippen LogP contribution in [0.4, 0.5) is 8.78 Å². The smallest absolute Gasteiger partial charge is 0.243 e. The van der Waals surface area contributed by atoms with Crippen molar-refractivity contribution in [2.45, 2.75) is 11.3 Å². The fourth-order valence-electron chi connectivity index (χ4n) is 2.52. The van der Waals surface area contributed by atoms with E-state index < -0.39 is 26.6 Å². The molecule has 1 heterocycles. The van der Waals surface area contributed by atoms with E-state index in [-0.39, 0.29) is 12.5 Å². The Kier molecular flexibility index (Phi) is 4.32. The van der Waals surface area contributed by atoms with Crippen LogP contribution in [0.1, 0.15) is 5.56 Å². The van der Waals surface area contributed by atoms with Gasteiger partial charge in [-0.3, -0.25) is 0 Å². The van der Waals surface area contributed by atoms with Crippen LogP contribution in [0.3, 0.4) is 0 Å². The number of sulfonamides is 1. The zero-order valence-corrected chi connectivity index (χ0v) is 12.9. The first-order chi connectivity index (χ1) is 11.0. The molecule has 0 radical (unpaired) electrons. The summed E-state index contributed by atoms with van der Waals surface area (Å²) >= 11 is 0. The van der Waals surface area contributed by atoms with Crippen molar-refractivity contribution in [3.05, 3.63) is 59.7 Å². The lowest BCUT2D eigenvalue weighted by Gasteiger charge is -2.25. The monoisotopic (exact) mass is 339 g/mol. The van der Waals surface area contributed by atoms with Crippen molar-refractivity contribution >= 4 is 10.0 Å². The molecule has 0 aromatic heterocycles. The number of halogens is 2. The lowest BCUT2D eigenvalue weighted by molar-refractivity contribution is 0.223. The molecule has 1 aliphatic rings. The summed E-state index contributed by atoms with van der Waals surface area (Å²) < 4.78 is 58.7. The Balaban J connectivity index is 1.68. The molecule has 0 fully saturated rings. The molecular formula is C16H15F2NO3S. The summed E-state index contributed by atoms with van der Waals surface area (Å²) in [4.78, 5) is -0.559. The van der Waals surface area contributed by atoms with E-state index in [1.54, 1.807) is 0 Å². The number of nitrogens with one attached hydrogen (secondary N) is 1. The van der Waals surface area contributed by atoms with Gasteiger partial charge in [-0.1, -0.05) is 18.2 Å². The number of fused-ring (bicyclic) bond motifs is 1. The Morgan fingerprint density at radius 1 is 1.17 bits per heavy atom. The Hall–Kier alpha value is -1.99. The van der Waals surface area contributed by atoms with Crippen molar-refractivity contribution in [2.24, 2.45) is 5.92 Å². The third kappa shape index (κ3) is 3.51. The molecular weight excluding hydrogens is 324 g/mol. The van der Waals surface area contributed by atoms with Gasteiger partial charge in [-0.15, -0.1) is 0 Å². The highest BCUT2D eigenvalue weighted by Gasteiger charge is 2.24. The summed E-state index contributed by atoms with van der Waals surface area (Å²) in [5.41, 5.74) is 1.01. The highest BCUT2D eigenvalue weighted by molar-refractivity contribution is 7.89. The maximum atomic E-state index is 13.6. The van der Waals surface area contributed by atoms with E-state index in [1.165, 1.54) is 0 Å². The van der Waals surface area contributed by atoms with Crippen molar-refractivity contribution in [1.82, 2.24) is 4.72 Å². The molecule has 0 saturated heterocycles. The maximum absolute atomic E-state index is 13.6. The van der Waals surface area contributed by atoms with Crippen LogP contribution < -0.4 is 9.46 Å². The highest BCUT2D eigenvalue weighted by Crippen LogP contribution is 2.26. The van der Waals surface area contributed by atoms with Crippen LogP contribution in [0, 0.1) is 17.6 Å². The molecule has 1 atom stereocenters. The molecule has 1 unspecified atom stereocenters. The summed E-state index contributed by atoms with van der Waals surface area (Å²) in [5, 5.41) is 0. The number of ether oxygens (including phenoxy) is 1. The second kappa shape index (κ2) is 6.25. The molecule has 122 valence electrons. The van der Waals surface area contributed by atoms with Gasteiger partial charge in [-0.2, -0.15) is 0 Å². The van der Waals surface area contributed by atoms with Crippen LogP contribution in [-0.4, -0.2) is 21.6 Å². The minimum absolute atomic E-state index is 0.0526. The first-order valence-electron chi connectivity index (χ1n) is 7.11. The van der Waals surface area contributed by atoms with Crippen LogP contribution in [-0.2, 0) is 16.4 Å². The summed E-state index contributed by atoms with van der Waals surface area (Å²) in [5.74, 6) is -1.18. The van der Waals surface area contributed by atoms with Gasteiger partial charge in [0.25, 0.3) is 0 Å². The fourth-order valence-corrected chi connectivity index (χ4v) is 3.69. The lowest BCUT2D eigenvalue weighted by Crippen LogP contribution is -2.35. The molecule has 23 heavy (non-hydrogen) atoms. The van der Waals surface area contributed by atoms with E-state index in [1.807, 2.05) is 24.3 Å². The van der Waals surface area contributed by atoms with Crippen molar-refractivity contribution in [3.63, 3.8) is 0 Å². The molecule has 1 aliphatic heterocycles. The third-order valence-electron chi connectivity index (χ3n) is 3.70. The maximum Gasteiger partial charge on any atom is 0.243 e. The zero-order valence-electron chi connectivity index (χ0n) is 12.1. The molecule has 0 spiro atoms. The van der Waals surface area contributed by atoms with Crippen LogP contribution in [0.5, 0.6) is 5.75 Å². The van der Waals surface area contributed by atoms with E-state index >= 15 is 0 Å². The summed E-state index contributed by atoms with van der Waals surface area (Å²) in [6, 6.07) is 9.94. The minimum atomic E-state index is -4.03. The van der Waals surface area contributed by atoms with Gasteiger partial charge < -0.3 is 4.74 Å². The number of benzene rings is 2. The number of hydrogen-bond donors (Lipinski definition) is 1. The standard InChI is InChI=1S/C16H15F2NO3S/c17-13-5-6-16(14(18)8-13)23(20,21)19-9-11-7-12-3-1-2-4-15(12)22-10-11/h1-6,8,11,19H,7,9-10H2. The molecule has 0 saturated carbocycles. The summed E-state index contributed by atoms with van der Waals surface area (Å²) in [6.45, 7) is 0.499. The minimum Gasteiger partial charge on any atom is -0.493 e. The molecule has 0 amide bonds. The molecule has 7 heteroatoms. The Morgan fingerprint density at radius 3 is 2.74 bits per heavy atom. The van der Waals surface area contributed by atoms with Crippen molar-refractivity contribution in [3.8, 4) is 5.75 Å². The third-order valence-corrected chi connectivity index (χ3v) is 5.16. The van der Waals surface area contributed by atoms with E-state index in [0.29, 0.717) is 19.1 Å². The molecule has 2 aromatic rings. The fraction of sp³-hybridized carbons (Fsp3) is 0.250. The van der Waals surface area contributed by atoms with Crippen molar-refractivity contribution in [1.29, 1.82) is 0 Å². The van der Waals surface area contributed by atoms with E-state index in [0.717, 1.165) is 23.4 Å². The Bertz CT molecular complexity index is 824. The second-order valence-electron chi connectivity index (χ2n) is 5.42. The van der Waals surface area contributed by atoms with Crippen LogP contribution in [0.15, 0.2) is 47.4 Å². The van der Waals surface area contributed by atoms with Gasteiger partial charge in [0.1, 0.15) is 22.3 Å². The van der Waals surface area contributed by atoms with Gasteiger partial charge in [0, 0.05) is 18.5 Å². The van der Waals surface area contributed by atoms with Gasteiger partial charge in [-0.25, -0.2) is 21.9 Å². The predicted molar refractivity (Wildman–Crippen MR) is 80.7 cm³/mol. The average molecular weight is 339 g/mol. The normalized spacial score (nSPS) is 17.4. The quantitative estimate of drug-likeness (QED) is 0.931. The first kappa shape index (κ1) is 15.9. The van der Waals surface area contributed by atoms with E-state index in [2.05, 4.69) is 4.72 Å². The van der Waals surface area contributed by atoms with E-state index in [9.17, 15) is 17.2 Å². The molecule has 1 N–H and O–H groups in total. The SMILES string of the molecule is O=S(=O)(NCC1COc2ccccc2C1)c1ccc(F)cc1F. The second-order valence-corrected chi connectivity index (χ2v) is 7.15. The average Bonchev–Trinajstić information content (AvgIpc) is 2.52. The van der Waals surface area contributed by atoms with Gasteiger partial charge in [0.05, 0.1) is 6.61 Å². The largest absolute Gasteiger partial charge is 0.493 e. The molecule has 0 aliphatic carbocycles. The van der Waals surface area contributed by atoms with E-state index in [4.69, 9.17) is 4.74 Å². The van der Waals surface area contributed by atoms with Gasteiger partial charge in [-0.05, 0) is 30.2 Å². The molecule has 3 rings (SSSR count). The molecule has 0 bridgehead atoms. The van der Waals surface area contributed by atoms with Crippen LogP contribution in [0.25, 0.3) is 0 Å². The Morgan fingerprint density at radius 2 is 1.96 bits per heavy atom. The highest BCUT2D eigenvalue weighted by atomic mass is 32.2. The lowest BCUT2D eigenvalue weighted by atomic mass is 9.97. The van der Waals surface area contributed by atoms with Gasteiger partial charge in [0.15, 0.2) is 0 Å². The van der Waals surface area contributed by atoms with Crippen molar-refractivity contribution in [2.75, 3.05) is 13.2 Å². The van der Waals surface area contributed by atoms with Crippen LogP contribution >= 0.6 is 0 Å². The predicted octanol–water partition coefficient (Wildman–Crippen LogP) is 2.49. The zero-order chi connectivity index (χ0) is 16.4. The Labute approximate surface area is 133 Å². The molecule has 2 aromatic carbocycles. The number of hydrogen-bond acceptors (Lipinski definition) is 3. The summed E-state index contributed by atoms with van der Waals surface area (Å²) in [7, 11) is -4.03. The number of para-hydroxylation sites is 1. The van der Waals surface area contributed by atoms with Crippen molar-refractivity contribution < 1.29 is 21.9 Å². The van der Waals surface area contributed by atoms with Gasteiger partial charge in [0.2, 0.25) is 10.0 Å². The summed E-state index contributed by atoms with van der Waals surface area (Å²) in [6.07, 6.45) is 0.671. The van der Waals surface area contributed by atoms with Crippen LogP contribution in [0.2, 0.25) is 0 Å². The van der Waals surface area contributed by atoms with Gasteiger partial charge >= 0.3 is 0 Å². The first-order valence-corrected chi connectivity index (χ1v) is 8.59. The molecule has 4 nitrogen and oxygen atoms in total.